The van der Waals surface area contributed by atoms with Crippen LogP contribution in [0.4, 0.5) is 0 Å². The number of rotatable bonds is 3. The minimum absolute atomic E-state index is 0.102. The van der Waals surface area contributed by atoms with Crippen LogP contribution in [0.15, 0.2) is 0 Å². The maximum absolute atomic E-state index is 12.6. The predicted molar refractivity (Wildman–Crippen MR) is 91.6 cm³/mol. The first-order chi connectivity index (χ1) is 11.7. The van der Waals surface area contributed by atoms with Gasteiger partial charge in [0.2, 0.25) is 11.8 Å². The summed E-state index contributed by atoms with van der Waals surface area (Å²) in [5.41, 5.74) is 0. The summed E-state index contributed by atoms with van der Waals surface area (Å²) in [6.07, 6.45) is 5.79. The lowest BCUT2D eigenvalue weighted by Gasteiger charge is -2.40. The van der Waals surface area contributed by atoms with E-state index in [-0.39, 0.29) is 17.9 Å². The van der Waals surface area contributed by atoms with E-state index in [0.717, 1.165) is 39.0 Å². The van der Waals surface area contributed by atoms with E-state index in [1.807, 2.05) is 16.7 Å². The van der Waals surface area contributed by atoms with Crippen molar-refractivity contribution in [2.75, 3.05) is 52.5 Å². The van der Waals surface area contributed by atoms with Crippen LogP contribution >= 0.6 is 0 Å². The summed E-state index contributed by atoms with van der Waals surface area (Å²) in [6.45, 7) is 7.80. The van der Waals surface area contributed by atoms with Gasteiger partial charge in [0, 0.05) is 45.2 Å². The van der Waals surface area contributed by atoms with Crippen LogP contribution in [-0.4, -0.2) is 85.0 Å². The van der Waals surface area contributed by atoms with Crippen LogP contribution in [0.3, 0.4) is 0 Å². The number of piperazine rings is 1. The molecule has 2 amide bonds. The second kappa shape index (κ2) is 8.30. The Morgan fingerprint density at radius 3 is 2.12 bits per heavy atom. The van der Waals surface area contributed by atoms with Gasteiger partial charge < -0.3 is 14.5 Å². The maximum Gasteiger partial charge on any atom is 0.239 e. The number of nitrogens with zero attached hydrogens (tertiary/aromatic N) is 3. The molecule has 0 aromatic carbocycles. The maximum atomic E-state index is 12.6. The van der Waals surface area contributed by atoms with Crippen LogP contribution in [0.25, 0.3) is 0 Å². The monoisotopic (exact) mass is 337 g/mol. The SMILES string of the molecule is C[C@H](C(=O)N1CCOCC1)N1CCN(C(=O)C2CCCCC2)CC1. The summed E-state index contributed by atoms with van der Waals surface area (Å²) in [6, 6.07) is -0.102. The molecule has 6 nitrogen and oxygen atoms in total. The predicted octanol–water partition coefficient (Wildman–Crippen LogP) is 0.958. The van der Waals surface area contributed by atoms with Crippen molar-refractivity contribution < 1.29 is 14.3 Å². The first kappa shape index (κ1) is 17.7. The van der Waals surface area contributed by atoms with E-state index in [0.29, 0.717) is 32.2 Å². The van der Waals surface area contributed by atoms with Gasteiger partial charge in [-0.3, -0.25) is 14.5 Å². The van der Waals surface area contributed by atoms with Crippen molar-refractivity contribution in [3.63, 3.8) is 0 Å². The molecule has 1 aliphatic carbocycles. The lowest BCUT2D eigenvalue weighted by Crippen LogP contribution is -2.57. The van der Waals surface area contributed by atoms with Gasteiger partial charge in [0.15, 0.2) is 0 Å². The van der Waals surface area contributed by atoms with E-state index in [4.69, 9.17) is 4.74 Å². The van der Waals surface area contributed by atoms with Crippen LogP contribution < -0.4 is 0 Å². The number of morpholine rings is 1. The molecule has 2 saturated heterocycles. The highest BCUT2D eigenvalue weighted by molar-refractivity contribution is 5.82. The van der Waals surface area contributed by atoms with Crippen molar-refractivity contribution in [2.24, 2.45) is 5.92 Å². The molecule has 3 aliphatic rings. The van der Waals surface area contributed by atoms with Gasteiger partial charge in [0.05, 0.1) is 19.3 Å². The molecule has 1 atom stereocenters. The third-order valence-electron chi connectivity index (χ3n) is 5.81. The number of hydrogen-bond acceptors (Lipinski definition) is 4. The average Bonchev–Trinajstić information content (AvgIpc) is 2.68. The van der Waals surface area contributed by atoms with Gasteiger partial charge in [-0.1, -0.05) is 19.3 Å². The van der Waals surface area contributed by atoms with Gasteiger partial charge in [-0.25, -0.2) is 0 Å². The summed E-state index contributed by atoms with van der Waals surface area (Å²) in [4.78, 5) is 31.4. The second-order valence-corrected chi connectivity index (χ2v) is 7.31. The quantitative estimate of drug-likeness (QED) is 0.770. The molecule has 0 aromatic rings. The minimum Gasteiger partial charge on any atom is -0.378 e. The van der Waals surface area contributed by atoms with Gasteiger partial charge in [-0.2, -0.15) is 0 Å². The van der Waals surface area contributed by atoms with Crippen molar-refractivity contribution in [3.8, 4) is 0 Å². The molecule has 24 heavy (non-hydrogen) atoms. The third-order valence-corrected chi connectivity index (χ3v) is 5.81. The Bertz CT molecular complexity index is 437. The van der Waals surface area contributed by atoms with Crippen LogP contribution in [0.1, 0.15) is 39.0 Å². The molecule has 1 saturated carbocycles. The molecule has 0 bridgehead atoms. The molecular formula is C18H31N3O3. The van der Waals surface area contributed by atoms with Crippen molar-refractivity contribution in [1.29, 1.82) is 0 Å². The molecule has 0 spiro atoms. The Morgan fingerprint density at radius 1 is 0.875 bits per heavy atom. The van der Waals surface area contributed by atoms with E-state index in [9.17, 15) is 9.59 Å². The summed E-state index contributed by atoms with van der Waals surface area (Å²) < 4.78 is 5.32. The number of carbonyl (C=O) groups excluding carboxylic acids is 2. The first-order valence-electron chi connectivity index (χ1n) is 9.56. The van der Waals surface area contributed by atoms with Crippen molar-refractivity contribution in [3.05, 3.63) is 0 Å². The normalized spacial score (nSPS) is 25.5. The highest BCUT2D eigenvalue weighted by Crippen LogP contribution is 2.26. The largest absolute Gasteiger partial charge is 0.378 e. The summed E-state index contributed by atoms with van der Waals surface area (Å²) >= 11 is 0. The van der Waals surface area contributed by atoms with E-state index in [1.54, 1.807) is 0 Å². The van der Waals surface area contributed by atoms with E-state index < -0.39 is 0 Å². The van der Waals surface area contributed by atoms with Gasteiger partial charge in [-0.15, -0.1) is 0 Å². The smallest absolute Gasteiger partial charge is 0.239 e. The van der Waals surface area contributed by atoms with Crippen LogP contribution in [0, 0.1) is 5.92 Å². The first-order valence-corrected chi connectivity index (χ1v) is 9.56. The Kier molecular flexibility index (Phi) is 6.11. The molecule has 2 heterocycles. The fourth-order valence-corrected chi connectivity index (χ4v) is 4.14. The Labute approximate surface area is 145 Å². The van der Waals surface area contributed by atoms with Crippen molar-refractivity contribution >= 4 is 11.8 Å². The number of hydrogen-bond donors (Lipinski definition) is 0. The molecule has 0 N–H and O–H groups in total. The summed E-state index contributed by atoms with van der Waals surface area (Å²) in [5.74, 6) is 0.796. The molecular weight excluding hydrogens is 306 g/mol. The molecule has 3 rings (SSSR count). The minimum atomic E-state index is -0.102. The molecule has 6 heteroatoms. The van der Waals surface area contributed by atoms with E-state index in [1.165, 1.54) is 19.3 Å². The summed E-state index contributed by atoms with van der Waals surface area (Å²) in [5, 5.41) is 0. The molecule has 0 radical (unpaired) electrons. The lowest BCUT2D eigenvalue weighted by atomic mass is 9.88. The zero-order valence-corrected chi connectivity index (χ0v) is 14.9. The molecule has 0 unspecified atom stereocenters. The number of carbonyl (C=O) groups is 2. The van der Waals surface area contributed by atoms with Crippen molar-refractivity contribution in [1.82, 2.24) is 14.7 Å². The molecule has 136 valence electrons. The van der Waals surface area contributed by atoms with Crippen molar-refractivity contribution in [2.45, 2.75) is 45.1 Å². The zero-order chi connectivity index (χ0) is 16.9. The van der Waals surface area contributed by atoms with Crippen LogP contribution in [0.2, 0.25) is 0 Å². The lowest BCUT2D eigenvalue weighted by molar-refractivity contribution is -0.143. The van der Waals surface area contributed by atoms with E-state index in [2.05, 4.69) is 4.90 Å². The second-order valence-electron chi connectivity index (χ2n) is 7.31. The van der Waals surface area contributed by atoms with Crippen LogP contribution in [0.5, 0.6) is 0 Å². The average molecular weight is 337 g/mol. The molecule has 0 aromatic heterocycles. The van der Waals surface area contributed by atoms with Gasteiger partial charge in [-0.05, 0) is 19.8 Å². The van der Waals surface area contributed by atoms with E-state index >= 15 is 0 Å². The standard InChI is InChI=1S/C18H31N3O3/c1-15(17(22)21-11-13-24-14-12-21)19-7-9-20(10-8-19)18(23)16-5-3-2-4-6-16/h15-16H,2-14H2,1H3/t15-/m1/s1. The topological polar surface area (TPSA) is 53.1 Å². The Balaban J connectivity index is 1.47. The molecule has 2 aliphatic heterocycles. The highest BCUT2D eigenvalue weighted by atomic mass is 16.5. The Morgan fingerprint density at radius 2 is 1.50 bits per heavy atom. The fourth-order valence-electron chi connectivity index (χ4n) is 4.14. The number of ether oxygens (including phenoxy) is 1. The third kappa shape index (κ3) is 4.09. The molecule has 3 fully saturated rings. The Hall–Kier alpha value is -1.14. The van der Waals surface area contributed by atoms with Gasteiger partial charge >= 0.3 is 0 Å². The van der Waals surface area contributed by atoms with Gasteiger partial charge in [0.25, 0.3) is 0 Å². The number of amides is 2. The summed E-state index contributed by atoms with van der Waals surface area (Å²) in [7, 11) is 0. The zero-order valence-electron chi connectivity index (χ0n) is 14.9. The van der Waals surface area contributed by atoms with Crippen LogP contribution in [-0.2, 0) is 14.3 Å². The fraction of sp³-hybridized carbons (Fsp3) is 0.889. The van der Waals surface area contributed by atoms with Gasteiger partial charge in [0.1, 0.15) is 0 Å². The highest BCUT2D eigenvalue weighted by Gasteiger charge is 2.32.